The minimum atomic E-state index is -0.513. The standard InChI is InChI=1S/C12H12Cl2N2O2/c1-2-10-12(18)15-6-11(17)16(10)9-4-7(13)3-8(14)5-9/h3-5,10H,2,6H2,1H3,(H,15,18). The van der Waals surface area contributed by atoms with Crippen molar-refractivity contribution in [3.63, 3.8) is 0 Å². The first kappa shape index (κ1) is 13.2. The molecular formula is C12H12Cl2N2O2. The van der Waals surface area contributed by atoms with Crippen LogP contribution in [-0.4, -0.2) is 24.4 Å². The summed E-state index contributed by atoms with van der Waals surface area (Å²) < 4.78 is 0. The van der Waals surface area contributed by atoms with Gasteiger partial charge < -0.3 is 5.32 Å². The number of hydrogen-bond donors (Lipinski definition) is 1. The minimum absolute atomic E-state index is 0.000530. The maximum absolute atomic E-state index is 12.0. The molecule has 1 atom stereocenters. The highest BCUT2D eigenvalue weighted by atomic mass is 35.5. The first-order valence-corrected chi connectivity index (χ1v) is 6.34. The SMILES string of the molecule is CCC1C(=O)NCC(=O)N1c1cc(Cl)cc(Cl)c1. The van der Waals surface area contributed by atoms with E-state index in [0.29, 0.717) is 22.2 Å². The van der Waals surface area contributed by atoms with Gasteiger partial charge in [-0.05, 0) is 24.6 Å². The molecule has 0 bridgehead atoms. The van der Waals surface area contributed by atoms with Gasteiger partial charge in [0.05, 0.1) is 6.54 Å². The molecule has 0 aromatic heterocycles. The predicted molar refractivity (Wildman–Crippen MR) is 71.0 cm³/mol. The van der Waals surface area contributed by atoms with Crippen LogP contribution in [0.15, 0.2) is 18.2 Å². The molecule has 6 heteroatoms. The zero-order valence-corrected chi connectivity index (χ0v) is 11.3. The zero-order chi connectivity index (χ0) is 13.3. The molecule has 1 N–H and O–H groups in total. The van der Waals surface area contributed by atoms with Gasteiger partial charge in [-0.3, -0.25) is 14.5 Å². The van der Waals surface area contributed by atoms with Crippen molar-refractivity contribution in [2.24, 2.45) is 0 Å². The number of hydrogen-bond acceptors (Lipinski definition) is 2. The first-order valence-electron chi connectivity index (χ1n) is 5.58. The van der Waals surface area contributed by atoms with Crippen LogP contribution < -0.4 is 10.2 Å². The van der Waals surface area contributed by atoms with E-state index in [-0.39, 0.29) is 18.4 Å². The molecule has 1 aliphatic rings. The van der Waals surface area contributed by atoms with Gasteiger partial charge in [-0.25, -0.2) is 0 Å². The van der Waals surface area contributed by atoms with Crippen molar-refractivity contribution >= 4 is 40.7 Å². The second-order valence-corrected chi connectivity index (χ2v) is 4.91. The van der Waals surface area contributed by atoms with Crippen LogP contribution in [0.5, 0.6) is 0 Å². The van der Waals surface area contributed by atoms with E-state index in [9.17, 15) is 9.59 Å². The third-order valence-electron chi connectivity index (χ3n) is 2.81. The molecule has 4 nitrogen and oxygen atoms in total. The van der Waals surface area contributed by atoms with Crippen LogP contribution in [0.1, 0.15) is 13.3 Å². The molecule has 1 aromatic rings. The lowest BCUT2D eigenvalue weighted by molar-refractivity contribution is -0.131. The molecule has 1 fully saturated rings. The molecule has 0 saturated carbocycles. The third kappa shape index (κ3) is 2.44. The smallest absolute Gasteiger partial charge is 0.247 e. The molecule has 1 aliphatic heterocycles. The van der Waals surface area contributed by atoms with Gasteiger partial charge in [0.15, 0.2) is 0 Å². The van der Waals surface area contributed by atoms with Crippen molar-refractivity contribution in [1.29, 1.82) is 0 Å². The fourth-order valence-corrected chi connectivity index (χ4v) is 2.54. The average Bonchev–Trinajstić information content (AvgIpc) is 2.30. The highest BCUT2D eigenvalue weighted by Crippen LogP contribution is 2.28. The van der Waals surface area contributed by atoms with Gasteiger partial charge in [0.1, 0.15) is 6.04 Å². The van der Waals surface area contributed by atoms with Crippen LogP contribution in [0.25, 0.3) is 0 Å². The second kappa shape index (κ2) is 5.16. The number of nitrogens with one attached hydrogen (secondary N) is 1. The molecule has 1 heterocycles. The molecule has 18 heavy (non-hydrogen) atoms. The largest absolute Gasteiger partial charge is 0.345 e. The molecule has 0 radical (unpaired) electrons. The lowest BCUT2D eigenvalue weighted by Gasteiger charge is -2.34. The van der Waals surface area contributed by atoms with Crippen molar-refractivity contribution in [3.8, 4) is 0 Å². The number of carbonyl (C=O) groups excluding carboxylic acids is 2. The fourth-order valence-electron chi connectivity index (χ4n) is 2.03. The molecule has 1 aromatic carbocycles. The van der Waals surface area contributed by atoms with E-state index < -0.39 is 6.04 Å². The van der Waals surface area contributed by atoms with E-state index >= 15 is 0 Å². The summed E-state index contributed by atoms with van der Waals surface area (Å²) in [6.45, 7) is 1.85. The van der Waals surface area contributed by atoms with Gasteiger partial charge in [-0.1, -0.05) is 30.1 Å². The molecule has 96 valence electrons. The Labute approximate surface area is 115 Å². The van der Waals surface area contributed by atoms with Crippen molar-refractivity contribution in [3.05, 3.63) is 28.2 Å². The maximum Gasteiger partial charge on any atom is 0.247 e. The Hall–Kier alpha value is -1.26. The van der Waals surface area contributed by atoms with Crippen LogP contribution in [0, 0.1) is 0 Å². The number of piperazine rings is 1. The van der Waals surface area contributed by atoms with Gasteiger partial charge in [0.2, 0.25) is 11.8 Å². The zero-order valence-electron chi connectivity index (χ0n) is 9.74. The van der Waals surface area contributed by atoms with Crippen LogP contribution in [0.4, 0.5) is 5.69 Å². The highest BCUT2D eigenvalue weighted by molar-refractivity contribution is 6.35. The summed E-state index contributed by atoms with van der Waals surface area (Å²) in [4.78, 5) is 25.2. The molecular weight excluding hydrogens is 275 g/mol. The summed E-state index contributed by atoms with van der Waals surface area (Å²) in [5, 5.41) is 3.44. The van der Waals surface area contributed by atoms with Crippen molar-refractivity contribution in [1.82, 2.24) is 5.32 Å². The number of amides is 2. The van der Waals surface area contributed by atoms with E-state index in [2.05, 4.69) is 5.32 Å². The number of halogens is 2. The molecule has 0 spiro atoms. The van der Waals surface area contributed by atoms with Crippen LogP contribution in [0.3, 0.4) is 0 Å². The van der Waals surface area contributed by atoms with E-state index in [4.69, 9.17) is 23.2 Å². The van der Waals surface area contributed by atoms with Gasteiger partial charge >= 0.3 is 0 Å². The Morgan fingerprint density at radius 2 is 1.89 bits per heavy atom. The fraction of sp³-hybridized carbons (Fsp3) is 0.333. The lowest BCUT2D eigenvalue weighted by atomic mass is 10.1. The number of nitrogens with zero attached hydrogens (tertiary/aromatic N) is 1. The second-order valence-electron chi connectivity index (χ2n) is 4.03. The molecule has 1 saturated heterocycles. The topological polar surface area (TPSA) is 49.4 Å². The third-order valence-corrected chi connectivity index (χ3v) is 3.25. The van der Waals surface area contributed by atoms with E-state index in [1.165, 1.54) is 4.90 Å². The summed E-state index contributed by atoms with van der Waals surface area (Å²) in [7, 11) is 0. The molecule has 1 unspecified atom stereocenters. The number of benzene rings is 1. The maximum atomic E-state index is 12.0. The van der Waals surface area contributed by atoms with Crippen LogP contribution >= 0.6 is 23.2 Å². The minimum Gasteiger partial charge on any atom is -0.345 e. The number of rotatable bonds is 2. The van der Waals surface area contributed by atoms with Gasteiger partial charge in [-0.15, -0.1) is 0 Å². The number of anilines is 1. The van der Waals surface area contributed by atoms with Crippen molar-refractivity contribution in [2.45, 2.75) is 19.4 Å². The van der Waals surface area contributed by atoms with Gasteiger partial charge in [-0.2, -0.15) is 0 Å². The van der Waals surface area contributed by atoms with Crippen molar-refractivity contribution in [2.75, 3.05) is 11.4 Å². The Bertz CT molecular complexity index is 485. The molecule has 2 amide bonds. The summed E-state index contributed by atoms with van der Waals surface area (Å²) >= 11 is 11.8. The normalized spacial score (nSPS) is 19.9. The van der Waals surface area contributed by atoms with E-state index in [1.54, 1.807) is 18.2 Å². The van der Waals surface area contributed by atoms with E-state index in [1.807, 2.05) is 6.92 Å². The van der Waals surface area contributed by atoms with E-state index in [0.717, 1.165) is 0 Å². The first-order chi connectivity index (χ1) is 8.52. The number of carbonyl (C=O) groups is 2. The van der Waals surface area contributed by atoms with Gasteiger partial charge in [0, 0.05) is 15.7 Å². The Morgan fingerprint density at radius 1 is 1.28 bits per heavy atom. The molecule has 0 aliphatic carbocycles. The molecule has 2 rings (SSSR count). The summed E-state index contributed by atoms with van der Waals surface area (Å²) in [6.07, 6.45) is 0.529. The monoisotopic (exact) mass is 286 g/mol. The highest BCUT2D eigenvalue weighted by Gasteiger charge is 2.34. The Kier molecular flexibility index (Phi) is 3.78. The summed E-state index contributed by atoms with van der Waals surface area (Å²) in [5.41, 5.74) is 0.555. The Morgan fingerprint density at radius 3 is 2.44 bits per heavy atom. The van der Waals surface area contributed by atoms with Gasteiger partial charge in [0.25, 0.3) is 0 Å². The average molecular weight is 287 g/mol. The van der Waals surface area contributed by atoms with Crippen LogP contribution in [-0.2, 0) is 9.59 Å². The van der Waals surface area contributed by atoms with Crippen molar-refractivity contribution < 1.29 is 9.59 Å². The summed E-state index contributed by atoms with van der Waals surface area (Å²) in [5.74, 6) is -0.326. The summed E-state index contributed by atoms with van der Waals surface area (Å²) in [6, 6.07) is 4.34. The predicted octanol–water partition coefficient (Wildman–Crippen LogP) is 2.23. The quantitative estimate of drug-likeness (QED) is 0.906. The van der Waals surface area contributed by atoms with Crippen LogP contribution in [0.2, 0.25) is 10.0 Å². The Balaban J connectivity index is 2.44. The lowest BCUT2D eigenvalue weighted by Crippen LogP contribution is -2.58.